The van der Waals surface area contributed by atoms with Gasteiger partial charge in [-0.25, -0.2) is 9.97 Å². The van der Waals surface area contributed by atoms with Crippen LogP contribution in [0.5, 0.6) is 0 Å². The Morgan fingerprint density at radius 2 is 2.00 bits per heavy atom. The first-order valence-corrected chi connectivity index (χ1v) is 8.68. The molecule has 0 amide bonds. The van der Waals surface area contributed by atoms with Crippen LogP contribution in [0.2, 0.25) is 0 Å². The largest absolute Gasteiger partial charge is 0.347 e. The average Bonchev–Trinajstić information content (AvgIpc) is 3.41. The molecule has 1 saturated heterocycles. The highest BCUT2D eigenvalue weighted by Gasteiger charge is 2.30. The molecule has 0 saturated carbocycles. The quantitative estimate of drug-likeness (QED) is 0.566. The molecular formula is C18H18N8. The normalized spacial score (nSPS) is 17.3. The first kappa shape index (κ1) is 15.0. The standard InChI is InChI=1S/C18H18N8/c1-24-11-13(10-21-24)15-8-5-9-25(15)17-16-18(20-12-19-17)26(23-22-16)14-6-3-2-4-7-14/h2-4,6-7,10-12,15H,5,8-9H2,1H3. The molecule has 0 spiro atoms. The fourth-order valence-electron chi connectivity index (χ4n) is 3.67. The molecule has 1 fully saturated rings. The van der Waals surface area contributed by atoms with Crippen LogP contribution in [0.1, 0.15) is 24.4 Å². The van der Waals surface area contributed by atoms with Gasteiger partial charge in [-0.1, -0.05) is 23.4 Å². The Morgan fingerprint density at radius 3 is 2.81 bits per heavy atom. The molecule has 1 aliphatic rings. The summed E-state index contributed by atoms with van der Waals surface area (Å²) in [6.45, 7) is 0.934. The van der Waals surface area contributed by atoms with E-state index in [9.17, 15) is 0 Å². The maximum absolute atomic E-state index is 4.55. The van der Waals surface area contributed by atoms with Gasteiger partial charge < -0.3 is 4.90 Å². The summed E-state index contributed by atoms with van der Waals surface area (Å²) in [7, 11) is 1.94. The lowest BCUT2D eigenvalue weighted by Gasteiger charge is -2.24. The Kier molecular flexibility index (Phi) is 3.41. The topological polar surface area (TPSA) is 77.5 Å². The Bertz CT molecular complexity index is 1050. The van der Waals surface area contributed by atoms with E-state index in [1.807, 2.05) is 48.3 Å². The molecule has 1 aromatic carbocycles. The van der Waals surface area contributed by atoms with Gasteiger partial charge in [0, 0.05) is 25.4 Å². The van der Waals surface area contributed by atoms with Crippen LogP contribution in [0.4, 0.5) is 5.82 Å². The lowest BCUT2D eigenvalue weighted by atomic mass is 10.1. The molecule has 4 heterocycles. The van der Waals surface area contributed by atoms with Crippen LogP contribution >= 0.6 is 0 Å². The number of aromatic nitrogens is 7. The number of aryl methyl sites for hydroxylation is 1. The first-order chi connectivity index (χ1) is 12.8. The van der Waals surface area contributed by atoms with Gasteiger partial charge in [-0.05, 0) is 25.0 Å². The second kappa shape index (κ2) is 5.91. The molecule has 1 unspecified atom stereocenters. The summed E-state index contributed by atoms with van der Waals surface area (Å²) in [6.07, 6.45) is 7.78. The van der Waals surface area contributed by atoms with E-state index >= 15 is 0 Å². The van der Waals surface area contributed by atoms with E-state index < -0.39 is 0 Å². The van der Waals surface area contributed by atoms with Crippen molar-refractivity contribution in [1.82, 2.24) is 34.7 Å². The van der Waals surface area contributed by atoms with Crippen molar-refractivity contribution in [1.29, 1.82) is 0 Å². The average molecular weight is 346 g/mol. The van der Waals surface area contributed by atoms with Crippen LogP contribution in [0.25, 0.3) is 16.9 Å². The van der Waals surface area contributed by atoms with Crippen molar-refractivity contribution in [3.8, 4) is 5.69 Å². The van der Waals surface area contributed by atoms with E-state index in [1.165, 1.54) is 5.56 Å². The molecule has 3 aromatic heterocycles. The minimum absolute atomic E-state index is 0.253. The zero-order chi connectivity index (χ0) is 17.5. The summed E-state index contributed by atoms with van der Waals surface area (Å²) in [4.78, 5) is 11.3. The van der Waals surface area contributed by atoms with Crippen LogP contribution < -0.4 is 4.90 Å². The van der Waals surface area contributed by atoms with E-state index in [1.54, 1.807) is 11.0 Å². The number of nitrogens with zero attached hydrogens (tertiary/aromatic N) is 8. The third-order valence-electron chi connectivity index (χ3n) is 4.85. The Morgan fingerprint density at radius 1 is 1.12 bits per heavy atom. The smallest absolute Gasteiger partial charge is 0.189 e. The zero-order valence-electron chi connectivity index (χ0n) is 14.4. The van der Waals surface area contributed by atoms with Gasteiger partial charge >= 0.3 is 0 Å². The maximum Gasteiger partial charge on any atom is 0.189 e. The molecule has 8 nitrogen and oxygen atoms in total. The maximum atomic E-state index is 4.55. The highest BCUT2D eigenvalue weighted by molar-refractivity contribution is 5.84. The third-order valence-corrected chi connectivity index (χ3v) is 4.85. The summed E-state index contributed by atoms with van der Waals surface area (Å²) < 4.78 is 3.60. The first-order valence-electron chi connectivity index (χ1n) is 8.68. The molecule has 0 N–H and O–H groups in total. The lowest BCUT2D eigenvalue weighted by Crippen LogP contribution is -2.23. The molecule has 0 aliphatic carbocycles. The molecule has 4 aromatic rings. The van der Waals surface area contributed by atoms with Gasteiger partial charge in [0.2, 0.25) is 0 Å². The van der Waals surface area contributed by atoms with E-state index in [0.717, 1.165) is 42.1 Å². The molecule has 130 valence electrons. The lowest BCUT2D eigenvalue weighted by molar-refractivity contribution is 0.709. The number of rotatable bonds is 3. The Balaban J connectivity index is 1.60. The van der Waals surface area contributed by atoms with Crippen LogP contribution in [0.15, 0.2) is 49.1 Å². The molecular weight excluding hydrogens is 328 g/mol. The fraction of sp³-hybridized carbons (Fsp3) is 0.278. The summed E-state index contributed by atoms with van der Waals surface area (Å²) in [5.41, 5.74) is 3.59. The fourth-order valence-corrected chi connectivity index (χ4v) is 3.67. The van der Waals surface area contributed by atoms with Gasteiger partial charge in [-0.15, -0.1) is 5.10 Å². The number of benzene rings is 1. The van der Waals surface area contributed by atoms with Crippen molar-refractivity contribution in [2.24, 2.45) is 7.05 Å². The van der Waals surface area contributed by atoms with Gasteiger partial charge in [0.1, 0.15) is 6.33 Å². The number of para-hydroxylation sites is 1. The molecule has 0 radical (unpaired) electrons. The van der Waals surface area contributed by atoms with E-state index in [4.69, 9.17) is 0 Å². The van der Waals surface area contributed by atoms with Gasteiger partial charge in [0.15, 0.2) is 17.0 Å². The van der Waals surface area contributed by atoms with Crippen LogP contribution in [0.3, 0.4) is 0 Å². The molecule has 0 bridgehead atoms. The summed E-state index contributed by atoms with van der Waals surface area (Å²) >= 11 is 0. The SMILES string of the molecule is Cn1cc(C2CCCN2c2ncnc3c2nnn3-c2ccccc2)cn1. The number of hydrogen-bond donors (Lipinski definition) is 0. The molecule has 1 aliphatic heterocycles. The van der Waals surface area contributed by atoms with Crippen molar-refractivity contribution < 1.29 is 0 Å². The number of hydrogen-bond acceptors (Lipinski definition) is 6. The van der Waals surface area contributed by atoms with Crippen LogP contribution in [-0.4, -0.2) is 41.3 Å². The molecule has 1 atom stereocenters. The summed E-state index contributed by atoms with van der Waals surface area (Å²) in [5.74, 6) is 0.837. The predicted octanol–water partition coefficient (Wildman–Crippen LogP) is 2.29. The van der Waals surface area contributed by atoms with Crippen molar-refractivity contribution in [2.45, 2.75) is 18.9 Å². The van der Waals surface area contributed by atoms with Crippen molar-refractivity contribution in [3.05, 3.63) is 54.6 Å². The van der Waals surface area contributed by atoms with Crippen molar-refractivity contribution >= 4 is 17.0 Å². The van der Waals surface area contributed by atoms with E-state index in [-0.39, 0.29) is 6.04 Å². The summed E-state index contributed by atoms with van der Waals surface area (Å²) in [5, 5.41) is 13.0. The highest BCUT2D eigenvalue weighted by Crippen LogP contribution is 2.37. The van der Waals surface area contributed by atoms with Gasteiger partial charge in [0.25, 0.3) is 0 Å². The highest BCUT2D eigenvalue weighted by atomic mass is 15.5. The molecule has 5 rings (SSSR count). The van der Waals surface area contributed by atoms with Crippen LogP contribution in [0, 0.1) is 0 Å². The third kappa shape index (κ3) is 2.33. The minimum Gasteiger partial charge on any atom is -0.347 e. The predicted molar refractivity (Wildman–Crippen MR) is 97.0 cm³/mol. The molecule has 26 heavy (non-hydrogen) atoms. The molecule has 8 heteroatoms. The van der Waals surface area contributed by atoms with Gasteiger partial charge in [-0.3, -0.25) is 4.68 Å². The van der Waals surface area contributed by atoms with Crippen molar-refractivity contribution in [3.63, 3.8) is 0 Å². The Hall–Kier alpha value is -3.29. The van der Waals surface area contributed by atoms with E-state index in [2.05, 4.69) is 36.5 Å². The zero-order valence-corrected chi connectivity index (χ0v) is 14.4. The van der Waals surface area contributed by atoms with E-state index in [0.29, 0.717) is 0 Å². The van der Waals surface area contributed by atoms with Gasteiger partial charge in [0.05, 0.1) is 17.9 Å². The second-order valence-corrected chi connectivity index (χ2v) is 6.51. The number of fused-ring (bicyclic) bond motifs is 1. The van der Waals surface area contributed by atoms with Crippen molar-refractivity contribution in [2.75, 3.05) is 11.4 Å². The monoisotopic (exact) mass is 346 g/mol. The summed E-state index contributed by atoms with van der Waals surface area (Å²) in [6, 6.07) is 10.2. The number of anilines is 1. The van der Waals surface area contributed by atoms with Crippen LogP contribution in [-0.2, 0) is 7.05 Å². The second-order valence-electron chi connectivity index (χ2n) is 6.51. The minimum atomic E-state index is 0.253. The van der Waals surface area contributed by atoms with Gasteiger partial charge in [-0.2, -0.15) is 9.78 Å². The Labute approximate surface area is 150 Å².